The number of halogens is 1. The molecule has 0 radical (unpaired) electrons. The molecule has 3 rings (SSSR count). The number of amides is 2. The predicted octanol–water partition coefficient (Wildman–Crippen LogP) is 3.85. The van der Waals surface area contributed by atoms with Gasteiger partial charge in [-0.15, -0.1) is 11.8 Å². The molecule has 0 atom stereocenters. The number of phenolic OH excluding ortho intramolecular Hbond substituents is 1. The van der Waals surface area contributed by atoms with E-state index in [2.05, 4.69) is 28.1 Å². The first-order chi connectivity index (χ1) is 13.4. The number of carbonyl (C=O) groups is 2. The molecule has 1 saturated heterocycles. The quantitative estimate of drug-likeness (QED) is 0.700. The normalized spacial score (nSPS) is 14.2. The van der Waals surface area contributed by atoms with Crippen LogP contribution in [0.4, 0.5) is 0 Å². The van der Waals surface area contributed by atoms with Gasteiger partial charge in [0.05, 0.1) is 11.3 Å². The first kappa shape index (κ1) is 20.7. The van der Waals surface area contributed by atoms with Crippen LogP contribution in [-0.2, 0) is 4.79 Å². The standard InChI is InChI=1S/C21H23BrN2O3S/c1-14-12-19(15(2)11-17(14)22)28-13-20(26)23-7-9-24(10-8-23)21(27)16-5-3-4-6-18(16)25/h3-6,11-12,25H,7-10,13H2,1-2H3. The fourth-order valence-electron chi connectivity index (χ4n) is 3.12. The van der Waals surface area contributed by atoms with Crippen molar-refractivity contribution in [3.8, 4) is 5.75 Å². The summed E-state index contributed by atoms with van der Waals surface area (Å²) in [6, 6.07) is 10.7. The van der Waals surface area contributed by atoms with Gasteiger partial charge in [-0.05, 0) is 49.2 Å². The van der Waals surface area contributed by atoms with Gasteiger partial charge in [0, 0.05) is 35.5 Å². The maximum absolute atomic E-state index is 12.6. The van der Waals surface area contributed by atoms with Gasteiger partial charge in [-0.2, -0.15) is 0 Å². The van der Waals surface area contributed by atoms with E-state index >= 15 is 0 Å². The first-order valence-electron chi connectivity index (χ1n) is 9.11. The molecular weight excluding hydrogens is 440 g/mol. The van der Waals surface area contributed by atoms with Gasteiger partial charge >= 0.3 is 0 Å². The van der Waals surface area contributed by atoms with Crippen LogP contribution in [0.2, 0.25) is 0 Å². The number of aromatic hydroxyl groups is 1. The van der Waals surface area contributed by atoms with E-state index in [9.17, 15) is 14.7 Å². The highest BCUT2D eigenvalue weighted by Gasteiger charge is 2.26. The van der Waals surface area contributed by atoms with Crippen molar-refractivity contribution in [2.24, 2.45) is 0 Å². The lowest BCUT2D eigenvalue weighted by molar-refractivity contribution is -0.129. The SMILES string of the molecule is Cc1cc(SCC(=O)N2CCN(C(=O)c3ccccc3O)CC2)c(C)cc1Br. The number of para-hydroxylation sites is 1. The van der Waals surface area contributed by atoms with Crippen LogP contribution in [0.25, 0.3) is 0 Å². The highest BCUT2D eigenvalue weighted by molar-refractivity contribution is 9.10. The molecule has 28 heavy (non-hydrogen) atoms. The zero-order chi connectivity index (χ0) is 20.3. The molecule has 2 aromatic carbocycles. The molecule has 1 aliphatic rings. The zero-order valence-corrected chi connectivity index (χ0v) is 18.3. The highest BCUT2D eigenvalue weighted by Crippen LogP contribution is 2.28. The van der Waals surface area contributed by atoms with Crippen LogP contribution in [0.5, 0.6) is 5.75 Å². The van der Waals surface area contributed by atoms with E-state index in [1.807, 2.05) is 18.7 Å². The Kier molecular flexibility index (Phi) is 6.67. The summed E-state index contributed by atoms with van der Waals surface area (Å²) in [6.07, 6.45) is 0. The summed E-state index contributed by atoms with van der Waals surface area (Å²) >= 11 is 5.08. The van der Waals surface area contributed by atoms with E-state index in [1.54, 1.807) is 34.9 Å². The molecule has 148 valence electrons. The molecule has 2 aromatic rings. The van der Waals surface area contributed by atoms with E-state index < -0.39 is 0 Å². The van der Waals surface area contributed by atoms with E-state index in [0.29, 0.717) is 37.5 Å². The maximum Gasteiger partial charge on any atom is 0.257 e. The van der Waals surface area contributed by atoms with Crippen LogP contribution in [0, 0.1) is 13.8 Å². The van der Waals surface area contributed by atoms with E-state index in [0.717, 1.165) is 20.5 Å². The van der Waals surface area contributed by atoms with Gasteiger partial charge in [0.15, 0.2) is 0 Å². The average Bonchev–Trinajstić information content (AvgIpc) is 2.69. The smallest absolute Gasteiger partial charge is 0.257 e. The molecule has 0 spiro atoms. The number of carbonyl (C=O) groups excluding carboxylic acids is 2. The van der Waals surface area contributed by atoms with E-state index in [4.69, 9.17) is 0 Å². The summed E-state index contributed by atoms with van der Waals surface area (Å²) in [7, 11) is 0. The Bertz CT molecular complexity index is 895. The fourth-order valence-corrected chi connectivity index (χ4v) is 4.59. The summed E-state index contributed by atoms with van der Waals surface area (Å²) < 4.78 is 1.07. The third-order valence-electron chi connectivity index (χ3n) is 4.86. The van der Waals surface area contributed by atoms with Crippen molar-refractivity contribution in [3.63, 3.8) is 0 Å². The molecule has 5 nitrogen and oxygen atoms in total. The third-order valence-corrected chi connectivity index (χ3v) is 6.86. The van der Waals surface area contributed by atoms with E-state index in [1.165, 1.54) is 6.07 Å². The largest absolute Gasteiger partial charge is 0.507 e. The van der Waals surface area contributed by atoms with Gasteiger partial charge in [0.1, 0.15) is 5.75 Å². The number of piperazine rings is 1. The van der Waals surface area contributed by atoms with Gasteiger partial charge in [0.2, 0.25) is 5.91 Å². The topological polar surface area (TPSA) is 60.9 Å². The number of rotatable bonds is 4. The molecule has 0 aliphatic carbocycles. The second-order valence-corrected chi connectivity index (χ2v) is 8.72. The lowest BCUT2D eigenvalue weighted by Crippen LogP contribution is -2.51. The Balaban J connectivity index is 1.53. The molecule has 0 aromatic heterocycles. The highest BCUT2D eigenvalue weighted by atomic mass is 79.9. The average molecular weight is 463 g/mol. The van der Waals surface area contributed by atoms with Gasteiger partial charge in [-0.25, -0.2) is 0 Å². The monoisotopic (exact) mass is 462 g/mol. The second-order valence-electron chi connectivity index (χ2n) is 6.85. The van der Waals surface area contributed by atoms with Crippen LogP contribution < -0.4 is 0 Å². The lowest BCUT2D eigenvalue weighted by atomic mass is 10.1. The van der Waals surface area contributed by atoms with Gasteiger partial charge in [0.25, 0.3) is 5.91 Å². The molecule has 2 amide bonds. The van der Waals surface area contributed by atoms with Crippen LogP contribution >= 0.6 is 27.7 Å². The summed E-state index contributed by atoms with van der Waals surface area (Å²) in [5, 5.41) is 9.87. The number of phenols is 1. The molecular formula is C21H23BrN2O3S. The number of hydrogen-bond acceptors (Lipinski definition) is 4. The lowest BCUT2D eigenvalue weighted by Gasteiger charge is -2.35. The molecule has 1 aliphatic heterocycles. The Morgan fingerprint density at radius 2 is 1.68 bits per heavy atom. The molecule has 7 heteroatoms. The van der Waals surface area contributed by atoms with Gasteiger partial charge in [-0.1, -0.05) is 28.1 Å². The number of hydrogen-bond donors (Lipinski definition) is 1. The Morgan fingerprint density at radius 1 is 1.04 bits per heavy atom. The van der Waals surface area contributed by atoms with Crippen LogP contribution in [-0.4, -0.2) is 58.7 Å². The van der Waals surface area contributed by atoms with Crippen LogP contribution in [0.1, 0.15) is 21.5 Å². The van der Waals surface area contributed by atoms with Gasteiger partial charge in [-0.3, -0.25) is 9.59 Å². The summed E-state index contributed by atoms with van der Waals surface area (Å²) in [4.78, 5) is 29.8. The Hall–Kier alpha value is -1.99. The first-order valence-corrected chi connectivity index (χ1v) is 10.9. The van der Waals surface area contributed by atoms with Crippen molar-refractivity contribution in [1.82, 2.24) is 9.80 Å². The Morgan fingerprint density at radius 3 is 2.36 bits per heavy atom. The molecule has 0 saturated carbocycles. The van der Waals surface area contributed by atoms with Crippen LogP contribution in [0.3, 0.4) is 0 Å². The minimum absolute atomic E-state index is 0.0115. The van der Waals surface area contributed by atoms with Crippen molar-refractivity contribution >= 4 is 39.5 Å². The predicted molar refractivity (Wildman–Crippen MR) is 115 cm³/mol. The van der Waals surface area contributed by atoms with Crippen molar-refractivity contribution in [1.29, 1.82) is 0 Å². The summed E-state index contributed by atoms with van der Waals surface area (Å²) in [6.45, 7) is 6.05. The van der Waals surface area contributed by atoms with Gasteiger partial charge < -0.3 is 14.9 Å². The molecule has 1 N–H and O–H groups in total. The fraction of sp³-hybridized carbons (Fsp3) is 0.333. The van der Waals surface area contributed by atoms with Crippen molar-refractivity contribution in [2.75, 3.05) is 31.9 Å². The van der Waals surface area contributed by atoms with Crippen molar-refractivity contribution < 1.29 is 14.7 Å². The molecule has 1 heterocycles. The molecule has 0 unspecified atom stereocenters. The Labute approximate surface area is 177 Å². The number of nitrogens with zero attached hydrogens (tertiary/aromatic N) is 2. The molecule has 1 fully saturated rings. The second kappa shape index (κ2) is 9.01. The van der Waals surface area contributed by atoms with Crippen molar-refractivity contribution in [3.05, 3.63) is 57.6 Å². The third kappa shape index (κ3) is 4.70. The summed E-state index contributed by atoms with van der Waals surface area (Å²) in [5.41, 5.74) is 2.60. The minimum Gasteiger partial charge on any atom is -0.507 e. The van der Waals surface area contributed by atoms with Crippen LogP contribution in [0.15, 0.2) is 45.8 Å². The molecule has 0 bridgehead atoms. The number of thioether (sulfide) groups is 1. The number of benzene rings is 2. The van der Waals surface area contributed by atoms with E-state index in [-0.39, 0.29) is 17.6 Å². The minimum atomic E-state index is -0.194. The maximum atomic E-state index is 12.6. The van der Waals surface area contributed by atoms with Crippen molar-refractivity contribution in [2.45, 2.75) is 18.7 Å². The number of aryl methyl sites for hydroxylation is 2. The zero-order valence-electron chi connectivity index (χ0n) is 15.9. The summed E-state index contributed by atoms with van der Waals surface area (Å²) in [5.74, 6) is 0.262.